The van der Waals surface area contributed by atoms with Gasteiger partial charge in [-0.05, 0) is 32.6 Å². The summed E-state index contributed by atoms with van der Waals surface area (Å²) in [6.07, 6.45) is 9.15. The van der Waals surface area contributed by atoms with E-state index in [1.54, 1.807) is 17.0 Å². The van der Waals surface area contributed by atoms with Crippen molar-refractivity contribution >= 4 is 11.8 Å². The lowest BCUT2D eigenvalue weighted by atomic mass is 9.86. The third-order valence-electron chi connectivity index (χ3n) is 4.67. The van der Waals surface area contributed by atoms with Crippen molar-refractivity contribution in [3.05, 3.63) is 22.7 Å². The number of hydrogen-bond acceptors (Lipinski definition) is 5. The molecule has 6 heteroatoms. The summed E-state index contributed by atoms with van der Waals surface area (Å²) >= 11 is 0. The van der Waals surface area contributed by atoms with Crippen molar-refractivity contribution in [3.63, 3.8) is 0 Å². The summed E-state index contributed by atoms with van der Waals surface area (Å²) in [7, 11) is 0. The molecule has 22 heavy (non-hydrogen) atoms. The standard InChI is InChI=1S/C16H23N3O3/c1-2-22-15(21)16(7-3-4-8-16)11-18-13-14(20)19(10-9-17-13)12-5-6-12/h9-10,12H,2-8,11H2,1H3,(H,17,18). The zero-order valence-electron chi connectivity index (χ0n) is 13.0. The maximum Gasteiger partial charge on any atom is 0.313 e. The van der Waals surface area contributed by atoms with Gasteiger partial charge in [0.25, 0.3) is 5.56 Å². The smallest absolute Gasteiger partial charge is 0.313 e. The molecule has 0 saturated heterocycles. The molecule has 2 aliphatic rings. The molecule has 1 N–H and O–H groups in total. The summed E-state index contributed by atoms with van der Waals surface area (Å²) in [6, 6.07) is 0.321. The second-order valence-corrected chi connectivity index (χ2v) is 6.28. The van der Waals surface area contributed by atoms with E-state index in [2.05, 4.69) is 10.3 Å². The van der Waals surface area contributed by atoms with Gasteiger partial charge in [-0.3, -0.25) is 9.59 Å². The number of aromatic nitrogens is 2. The van der Waals surface area contributed by atoms with Crippen LogP contribution >= 0.6 is 0 Å². The molecule has 3 rings (SSSR count). The number of hydrogen-bond donors (Lipinski definition) is 1. The summed E-state index contributed by atoms with van der Waals surface area (Å²) in [5.41, 5.74) is -0.605. The Morgan fingerprint density at radius 2 is 2.18 bits per heavy atom. The van der Waals surface area contributed by atoms with Crippen LogP contribution in [0.3, 0.4) is 0 Å². The highest BCUT2D eigenvalue weighted by atomic mass is 16.5. The van der Waals surface area contributed by atoms with Gasteiger partial charge in [-0.15, -0.1) is 0 Å². The number of carbonyl (C=O) groups is 1. The van der Waals surface area contributed by atoms with E-state index in [1.165, 1.54) is 0 Å². The Hall–Kier alpha value is -1.85. The van der Waals surface area contributed by atoms with Gasteiger partial charge in [-0.2, -0.15) is 0 Å². The first-order valence-electron chi connectivity index (χ1n) is 8.14. The molecule has 2 saturated carbocycles. The third kappa shape index (κ3) is 2.87. The number of carbonyl (C=O) groups excluding carboxylic acids is 1. The number of nitrogens with one attached hydrogen (secondary N) is 1. The van der Waals surface area contributed by atoms with Crippen LogP contribution in [0, 0.1) is 5.41 Å². The number of rotatable bonds is 6. The predicted octanol–water partition coefficient (Wildman–Crippen LogP) is 2.11. The summed E-state index contributed by atoms with van der Waals surface area (Å²) < 4.78 is 6.97. The maximum absolute atomic E-state index is 12.4. The van der Waals surface area contributed by atoms with Gasteiger partial charge < -0.3 is 14.6 Å². The Bertz CT molecular complexity index is 601. The first-order valence-corrected chi connectivity index (χ1v) is 8.14. The molecule has 6 nitrogen and oxygen atoms in total. The quantitative estimate of drug-likeness (QED) is 0.815. The molecule has 1 heterocycles. The molecule has 0 aromatic carbocycles. The van der Waals surface area contributed by atoms with E-state index >= 15 is 0 Å². The van der Waals surface area contributed by atoms with Crippen molar-refractivity contribution in [2.45, 2.75) is 51.5 Å². The minimum Gasteiger partial charge on any atom is -0.466 e. The van der Waals surface area contributed by atoms with Crippen molar-refractivity contribution in [2.75, 3.05) is 18.5 Å². The first-order chi connectivity index (χ1) is 10.7. The van der Waals surface area contributed by atoms with E-state index in [4.69, 9.17) is 4.74 Å². The average Bonchev–Trinajstić information content (AvgIpc) is 3.24. The van der Waals surface area contributed by atoms with Crippen molar-refractivity contribution < 1.29 is 9.53 Å². The predicted molar refractivity (Wildman–Crippen MR) is 82.8 cm³/mol. The van der Waals surface area contributed by atoms with E-state index in [0.717, 1.165) is 38.5 Å². The highest BCUT2D eigenvalue weighted by Crippen LogP contribution is 2.39. The van der Waals surface area contributed by atoms with E-state index in [1.807, 2.05) is 6.92 Å². The lowest BCUT2D eigenvalue weighted by molar-refractivity contribution is -0.154. The summed E-state index contributed by atoms with van der Waals surface area (Å²) in [5, 5.41) is 3.11. The van der Waals surface area contributed by atoms with Crippen LogP contribution in [-0.4, -0.2) is 28.7 Å². The van der Waals surface area contributed by atoms with Crippen LogP contribution in [-0.2, 0) is 9.53 Å². The Labute approximate surface area is 129 Å². The average molecular weight is 305 g/mol. The van der Waals surface area contributed by atoms with Crippen molar-refractivity contribution in [2.24, 2.45) is 5.41 Å². The van der Waals surface area contributed by atoms with Crippen LogP contribution in [0.2, 0.25) is 0 Å². The molecule has 0 radical (unpaired) electrons. The number of ether oxygens (including phenoxy) is 1. The van der Waals surface area contributed by atoms with Gasteiger partial charge in [0.15, 0.2) is 5.82 Å². The monoisotopic (exact) mass is 305 g/mol. The van der Waals surface area contributed by atoms with Gasteiger partial charge in [-0.25, -0.2) is 4.98 Å². The molecule has 0 unspecified atom stereocenters. The minimum absolute atomic E-state index is 0.0954. The maximum atomic E-state index is 12.4. The number of esters is 1. The van der Waals surface area contributed by atoms with Crippen LogP contribution < -0.4 is 10.9 Å². The fraction of sp³-hybridized carbons (Fsp3) is 0.688. The zero-order valence-corrected chi connectivity index (χ0v) is 13.0. The van der Waals surface area contributed by atoms with Crippen molar-refractivity contribution in [1.82, 2.24) is 9.55 Å². The van der Waals surface area contributed by atoms with E-state index in [0.29, 0.717) is 25.0 Å². The van der Waals surface area contributed by atoms with Gasteiger partial charge in [0, 0.05) is 25.0 Å². The first kappa shape index (κ1) is 15.1. The van der Waals surface area contributed by atoms with Gasteiger partial charge in [0.05, 0.1) is 12.0 Å². The minimum atomic E-state index is -0.510. The lowest BCUT2D eigenvalue weighted by Gasteiger charge is -2.26. The molecule has 120 valence electrons. The van der Waals surface area contributed by atoms with Crippen LogP contribution in [0.15, 0.2) is 17.2 Å². The third-order valence-corrected chi connectivity index (χ3v) is 4.67. The molecule has 0 bridgehead atoms. The molecule has 1 aromatic heterocycles. The van der Waals surface area contributed by atoms with Gasteiger partial charge >= 0.3 is 5.97 Å². The Balaban J connectivity index is 1.74. The van der Waals surface area contributed by atoms with Crippen LogP contribution in [0.1, 0.15) is 51.5 Å². The molecular formula is C16H23N3O3. The largest absolute Gasteiger partial charge is 0.466 e. The second kappa shape index (κ2) is 6.10. The van der Waals surface area contributed by atoms with E-state index < -0.39 is 5.41 Å². The van der Waals surface area contributed by atoms with Gasteiger partial charge in [0.1, 0.15) is 0 Å². The van der Waals surface area contributed by atoms with Crippen molar-refractivity contribution in [3.8, 4) is 0 Å². The van der Waals surface area contributed by atoms with Crippen LogP contribution in [0.4, 0.5) is 5.82 Å². The summed E-state index contributed by atoms with van der Waals surface area (Å²) in [6.45, 7) is 2.63. The molecule has 2 aliphatic carbocycles. The highest BCUT2D eigenvalue weighted by molar-refractivity contribution is 5.78. The fourth-order valence-electron chi connectivity index (χ4n) is 3.23. The SMILES string of the molecule is CCOC(=O)C1(CNc2nccn(C3CC3)c2=O)CCCC1. The van der Waals surface area contributed by atoms with Gasteiger partial charge in [-0.1, -0.05) is 12.8 Å². The van der Waals surface area contributed by atoms with E-state index in [9.17, 15) is 9.59 Å². The molecule has 0 spiro atoms. The molecule has 2 fully saturated rings. The molecule has 0 amide bonds. The van der Waals surface area contributed by atoms with Crippen molar-refractivity contribution in [1.29, 1.82) is 0 Å². The number of nitrogens with zero attached hydrogens (tertiary/aromatic N) is 2. The Morgan fingerprint density at radius 3 is 2.82 bits per heavy atom. The molecule has 0 aliphatic heterocycles. The highest BCUT2D eigenvalue weighted by Gasteiger charge is 2.42. The Morgan fingerprint density at radius 1 is 1.45 bits per heavy atom. The Kier molecular flexibility index (Phi) is 4.18. The molecular weight excluding hydrogens is 282 g/mol. The summed E-state index contributed by atoms with van der Waals surface area (Å²) in [4.78, 5) is 28.8. The zero-order chi connectivity index (χ0) is 15.6. The normalized spacial score (nSPS) is 19.9. The second-order valence-electron chi connectivity index (χ2n) is 6.28. The van der Waals surface area contributed by atoms with Gasteiger partial charge in [0.2, 0.25) is 0 Å². The fourth-order valence-corrected chi connectivity index (χ4v) is 3.23. The molecule has 1 aromatic rings. The molecule has 0 atom stereocenters. The van der Waals surface area contributed by atoms with Crippen LogP contribution in [0.25, 0.3) is 0 Å². The lowest BCUT2D eigenvalue weighted by Crippen LogP contribution is -2.38. The topological polar surface area (TPSA) is 73.2 Å². The van der Waals surface area contributed by atoms with E-state index in [-0.39, 0.29) is 11.5 Å². The number of anilines is 1. The van der Waals surface area contributed by atoms with Crippen LogP contribution in [0.5, 0.6) is 0 Å². The summed E-state index contributed by atoms with van der Waals surface area (Å²) in [5.74, 6) is 0.184.